The maximum absolute atomic E-state index is 10.9. The van der Waals surface area contributed by atoms with Crippen molar-refractivity contribution in [2.45, 2.75) is 31.3 Å². The molecule has 0 spiro atoms. The molecule has 1 aliphatic heterocycles. The van der Waals surface area contributed by atoms with E-state index in [9.17, 15) is 4.79 Å². The fourth-order valence-electron chi connectivity index (χ4n) is 2.75. The molecule has 9 heteroatoms. The predicted octanol–water partition coefficient (Wildman–Crippen LogP) is 0.792. The minimum absolute atomic E-state index is 0.0265. The summed E-state index contributed by atoms with van der Waals surface area (Å²) in [6.45, 7) is 1.56. The van der Waals surface area contributed by atoms with Gasteiger partial charge in [0.15, 0.2) is 5.69 Å². The molecule has 23 heavy (non-hydrogen) atoms. The third kappa shape index (κ3) is 2.94. The number of aromatic carboxylic acids is 1. The van der Waals surface area contributed by atoms with Gasteiger partial charge < -0.3 is 15.3 Å². The molecule has 3 heterocycles. The summed E-state index contributed by atoms with van der Waals surface area (Å²) in [4.78, 5) is 21.6. The molecular weight excluding hydrogens is 298 g/mol. The molecule has 2 aromatic heterocycles. The summed E-state index contributed by atoms with van der Waals surface area (Å²) in [5, 5.41) is 19.9. The molecule has 4 rings (SSSR count). The van der Waals surface area contributed by atoms with E-state index in [4.69, 9.17) is 5.11 Å². The Morgan fingerprint density at radius 1 is 1.30 bits per heavy atom. The summed E-state index contributed by atoms with van der Waals surface area (Å²) in [6.07, 6.45) is 6.33. The van der Waals surface area contributed by atoms with Crippen LogP contribution in [0.1, 0.15) is 35.8 Å². The molecule has 2 N–H and O–H groups in total. The summed E-state index contributed by atoms with van der Waals surface area (Å²) >= 11 is 0. The molecule has 1 saturated heterocycles. The molecule has 2 aliphatic rings. The monoisotopic (exact) mass is 315 g/mol. The van der Waals surface area contributed by atoms with Crippen LogP contribution in [-0.2, 0) is 0 Å². The number of carbonyl (C=O) groups is 1. The zero-order chi connectivity index (χ0) is 15.8. The van der Waals surface area contributed by atoms with Crippen LogP contribution in [0.4, 0.5) is 11.6 Å². The Kier molecular flexibility index (Phi) is 3.32. The van der Waals surface area contributed by atoms with Crippen molar-refractivity contribution in [2.75, 3.05) is 23.3 Å². The van der Waals surface area contributed by atoms with E-state index in [1.54, 1.807) is 11.0 Å². The molecule has 1 atom stereocenters. The van der Waals surface area contributed by atoms with E-state index in [0.29, 0.717) is 6.04 Å². The fraction of sp³-hybridized carbons (Fsp3) is 0.500. The van der Waals surface area contributed by atoms with Crippen molar-refractivity contribution in [1.82, 2.24) is 25.0 Å². The number of hydrogen-bond acceptors (Lipinski definition) is 7. The number of carboxylic acids is 1. The van der Waals surface area contributed by atoms with Gasteiger partial charge in [0.25, 0.3) is 0 Å². The molecule has 2 aromatic rings. The van der Waals surface area contributed by atoms with Crippen molar-refractivity contribution < 1.29 is 9.90 Å². The van der Waals surface area contributed by atoms with Crippen molar-refractivity contribution in [2.24, 2.45) is 0 Å². The van der Waals surface area contributed by atoms with Crippen molar-refractivity contribution in [3.63, 3.8) is 0 Å². The second kappa shape index (κ2) is 5.49. The van der Waals surface area contributed by atoms with Crippen LogP contribution in [0.2, 0.25) is 0 Å². The van der Waals surface area contributed by atoms with Gasteiger partial charge in [0, 0.05) is 25.2 Å². The topological polar surface area (TPSA) is 109 Å². The minimum Gasteiger partial charge on any atom is -0.476 e. The molecule has 0 bridgehead atoms. The largest absolute Gasteiger partial charge is 0.476 e. The van der Waals surface area contributed by atoms with Crippen LogP contribution >= 0.6 is 0 Å². The average Bonchev–Trinajstić information content (AvgIpc) is 3.06. The first kappa shape index (κ1) is 13.9. The van der Waals surface area contributed by atoms with E-state index in [2.05, 4.69) is 30.5 Å². The minimum atomic E-state index is -1.06. The standard InChI is InChI=1S/C14H17N7O2/c22-14(23)11-7-21(19-18-11)10-3-4-20(6-10)13-5-12(15-8-16-13)17-9-1-2-9/h5,7-10H,1-4,6H2,(H,22,23)(H,15,16,17). The van der Waals surface area contributed by atoms with Gasteiger partial charge in [0.05, 0.1) is 12.2 Å². The lowest BCUT2D eigenvalue weighted by atomic mass is 10.3. The number of rotatable bonds is 5. The van der Waals surface area contributed by atoms with Gasteiger partial charge in [0.2, 0.25) is 0 Å². The third-order valence-electron chi connectivity index (χ3n) is 4.17. The maximum atomic E-state index is 10.9. The lowest BCUT2D eigenvalue weighted by Crippen LogP contribution is -2.22. The van der Waals surface area contributed by atoms with Crippen LogP contribution < -0.4 is 10.2 Å². The maximum Gasteiger partial charge on any atom is 0.358 e. The number of nitrogens with zero attached hydrogens (tertiary/aromatic N) is 6. The van der Waals surface area contributed by atoms with Crippen LogP contribution in [0.25, 0.3) is 0 Å². The smallest absolute Gasteiger partial charge is 0.358 e. The van der Waals surface area contributed by atoms with E-state index < -0.39 is 5.97 Å². The summed E-state index contributed by atoms with van der Waals surface area (Å²) in [6, 6.07) is 2.61. The quantitative estimate of drug-likeness (QED) is 0.833. The zero-order valence-electron chi connectivity index (χ0n) is 12.5. The number of hydrogen-bond donors (Lipinski definition) is 2. The Balaban J connectivity index is 1.45. The van der Waals surface area contributed by atoms with Crippen LogP contribution in [0.15, 0.2) is 18.6 Å². The van der Waals surface area contributed by atoms with Gasteiger partial charge in [-0.3, -0.25) is 0 Å². The van der Waals surface area contributed by atoms with Crippen LogP contribution in [0.5, 0.6) is 0 Å². The van der Waals surface area contributed by atoms with Crippen molar-refractivity contribution in [3.05, 3.63) is 24.3 Å². The Morgan fingerprint density at radius 2 is 2.17 bits per heavy atom. The van der Waals surface area contributed by atoms with Crippen molar-refractivity contribution in [3.8, 4) is 0 Å². The highest BCUT2D eigenvalue weighted by molar-refractivity contribution is 5.84. The van der Waals surface area contributed by atoms with Crippen LogP contribution in [-0.4, -0.2) is 55.2 Å². The van der Waals surface area contributed by atoms with Crippen molar-refractivity contribution in [1.29, 1.82) is 0 Å². The molecule has 0 radical (unpaired) electrons. The molecule has 1 aliphatic carbocycles. The number of aromatic nitrogens is 5. The highest BCUT2D eigenvalue weighted by Crippen LogP contribution is 2.28. The van der Waals surface area contributed by atoms with Gasteiger partial charge in [-0.15, -0.1) is 5.10 Å². The summed E-state index contributed by atoms with van der Waals surface area (Å²) in [5.41, 5.74) is -0.0265. The Bertz CT molecular complexity index is 727. The first-order chi connectivity index (χ1) is 11.2. The predicted molar refractivity (Wildman–Crippen MR) is 81.5 cm³/mol. The molecule has 2 fully saturated rings. The Morgan fingerprint density at radius 3 is 2.91 bits per heavy atom. The molecule has 9 nitrogen and oxygen atoms in total. The molecule has 1 unspecified atom stereocenters. The normalized spacial score (nSPS) is 20.7. The van der Waals surface area contributed by atoms with Gasteiger partial charge in [-0.25, -0.2) is 19.4 Å². The first-order valence-electron chi connectivity index (χ1n) is 7.68. The highest BCUT2D eigenvalue weighted by atomic mass is 16.4. The zero-order valence-corrected chi connectivity index (χ0v) is 12.5. The third-order valence-corrected chi connectivity index (χ3v) is 4.17. The van der Waals surface area contributed by atoms with E-state index >= 15 is 0 Å². The molecule has 0 aromatic carbocycles. The second-order valence-electron chi connectivity index (χ2n) is 5.96. The van der Waals surface area contributed by atoms with Crippen molar-refractivity contribution >= 4 is 17.6 Å². The highest BCUT2D eigenvalue weighted by Gasteiger charge is 2.27. The number of carboxylic acid groups (broad SMARTS) is 1. The lowest BCUT2D eigenvalue weighted by Gasteiger charge is -2.18. The molecule has 0 amide bonds. The van der Waals surface area contributed by atoms with Gasteiger partial charge in [-0.1, -0.05) is 5.21 Å². The number of nitrogens with one attached hydrogen (secondary N) is 1. The summed E-state index contributed by atoms with van der Waals surface area (Å²) in [7, 11) is 0. The van der Waals surface area contributed by atoms with E-state index in [-0.39, 0.29) is 11.7 Å². The van der Waals surface area contributed by atoms with Crippen LogP contribution in [0.3, 0.4) is 0 Å². The SMILES string of the molecule is O=C(O)c1cn(C2CCN(c3cc(NC4CC4)ncn3)C2)nn1. The van der Waals surface area contributed by atoms with Gasteiger partial charge >= 0.3 is 5.97 Å². The number of anilines is 2. The van der Waals surface area contributed by atoms with Gasteiger partial charge in [0.1, 0.15) is 18.0 Å². The van der Waals surface area contributed by atoms with E-state index in [0.717, 1.165) is 31.1 Å². The van der Waals surface area contributed by atoms with Gasteiger partial charge in [-0.2, -0.15) is 0 Å². The first-order valence-corrected chi connectivity index (χ1v) is 7.68. The molecule has 120 valence electrons. The Hall–Kier alpha value is -2.71. The summed E-state index contributed by atoms with van der Waals surface area (Å²) in [5.74, 6) is 0.678. The Labute approximate surface area is 132 Å². The van der Waals surface area contributed by atoms with Crippen LogP contribution in [0, 0.1) is 0 Å². The van der Waals surface area contributed by atoms with Gasteiger partial charge in [-0.05, 0) is 19.3 Å². The lowest BCUT2D eigenvalue weighted by molar-refractivity contribution is 0.0690. The average molecular weight is 315 g/mol. The fourth-order valence-corrected chi connectivity index (χ4v) is 2.75. The molecular formula is C14H17N7O2. The second-order valence-corrected chi connectivity index (χ2v) is 5.96. The van der Waals surface area contributed by atoms with E-state index in [1.165, 1.54) is 19.0 Å². The molecule has 1 saturated carbocycles. The summed E-state index contributed by atoms with van der Waals surface area (Å²) < 4.78 is 1.63. The van der Waals surface area contributed by atoms with E-state index in [1.807, 2.05) is 6.07 Å².